The molecule has 1 aliphatic rings. The standard InChI is InChI=1S/C14H20N2O4/c1-19-8-12(18)16-14(10-5-11(17)6-10)9-3-4-13(20-2)15-7-9/h3-4,7,10-11,14,17H,5-6,8H2,1-2H3,(H,16,18). The van der Waals surface area contributed by atoms with E-state index < -0.39 is 0 Å². The third-order valence-electron chi connectivity index (χ3n) is 3.54. The van der Waals surface area contributed by atoms with Crippen molar-refractivity contribution in [3.63, 3.8) is 0 Å². The van der Waals surface area contributed by atoms with Gasteiger partial charge in [-0.1, -0.05) is 6.07 Å². The average molecular weight is 280 g/mol. The molecular formula is C14H20N2O4. The minimum absolute atomic E-state index is 0.0232. The van der Waals surface area contributed by atoms with E-state index in [0.717, 1.165) is 5.56 Å². The van der Waals surface area contributed by atoms with Crippen LogP contribution in [0.4, 0.5) is 0 Å². The second kappa shape index (κ2) is 6.67. The first kappa shape index (κ1) is 14.7. The van der Waals surface area contributed by atoms with E-state index >= 15 is 0 Å². The molecule has 1 aromatic rings. The molecule has 0 aromatic carbocycles. The Bertz CT molecular complexity index is 443. The molecule has 1 saturated carbocycles. The lowest BCUT2D eigenvalue weighted by Gasteiger charge is -2.38. The number of aliphatic hydroxyl groups is 1. The van der Waals surface area contributed by atoms with E-state index in [2.05, 4.69) is 10.3 Å². The lowest BCUT2D eigenvalue weighted by molar-refractivity contribution is -0.126. The van der Waals surface area contributed by atoms with Crippen molar-refractivity contribution in [3.8, 4) is 5.88 Å². The first-order valence-corrected chi connectivity index (χ1v) is 6.60. The third kappa shape index (κ3) is 3.46. The van der Waals surface area contributed by atoms with Gasteiger partial charge < -0.3 is 19.9 Å². The third-order valence-corrected chi connectivity index (χ3v) is 3.54. The van der Waals surface area contributed by atoms with Crippen LogP contribution in [0.25, 0.3) is 0 Å². The number of carbonyl (C=O) groups is 1. The van der Waals surface area contributed by atoms with Crippen LogP contribution >= 0.6 is 0 Å². The van der Waals surface area contributed by atoms with Crippen LogP contribution in [-0.2, 0) is 9.53 Å². The summed E-state index contributed by atoms with van der Waals surface area (Å²) >= 11 is 0. The molecule has 2 rings (SSSR count). The zero-order valence-corrected chi connectivity index (χ0v) is 11.7. The summed E-state index contributed by atoms with van der Waals surface area (Å²) in [6.07, 6.45) is 2.79. The normalized spacial score (nSPS) is 22.8. The number of nitrogens with zero attached hydrogens (tertiary/aromatic N) is 1. The molecule has 0 spiro atoms. The number of hydrogen-bond donors (Lipinski definition) is 2. The SMILES string of the molecule is COCC(=O)NC(c1ccc(OC)nc1)C1CC(O)C1. The highest BCUT2D eigenvalue weighted by Crippen LogP contribution is 2.38. The van der Waals surface area contributed by atoms with Gasteiger partial charge in [0.05, 0.1) is 19.3 Å². The second-order valence-corrected chi connectivity index (χ2v) is 5.00. The van der Waals surface area contributed by atoms with Crippen LogP contribution in [0.1, 0.15) is 24.4 Å². The van der Waals surface area contributed by atoms with E-state index in [1.807, 2.05) is 6.07 Å². The van der Waals surface area contributed by atoms with E-state index in [1.165, 1.54) is 7.11 Å². The number of hydrogen-bond acceptors (Lipinski definition) is 5. The fourth-order valence-corrected chi connectivity index (χ4v) is 2.42. The molecule has 1 aliphatic carbocycles. The molecule has 1 unspecified atom stereocenters. The summed E-state index contributed by atoms with van der Waals surface area (Å²) in [5, 5.41) is 12.4. The largest absolute Gasteiger partial charge is 0.481 e. The summed E-state index contributed by atoms with van der Waals surface area (Å²) in [4.78, 5) is 15.9. The summed E-state index contributed by atoms with van der Waals surface area (Å²) in [6.45, 7) is 0.0232. The zero-order valence-electron chi connectivity index (χ0n) is 11.7. The van der Waals surface area contributed by atoms with Gasteiger partial charge in [-0.05, 0) is 24.3 Å². The Morgan fingerprint density at radius 3 is 2.75 bits per heavy atom. The molecule has 0 aliphatic heterocycles. The van der Waals surface area contributed by atoms with Crippen molar-refractivity contribution < 1.29 is 19.4 Å². The highest BCUT2D eigenvalue weighted by molar-refractivity contribution is 5.77. The number of aromatic nitrogens is 1. The van der Waals surface area contributed by atoms with Crippen molar-refractivity contribution in [1.29, 1.82) is 0 Å². The molecule has 1 heterocycles. The molecule has 0 radical (unpaired) electrons. The summed E-state index contributed by atoms with van der Waals surface area (Å²) in [7, 11) is 3.04. The highest BCUT2D eigenvalue weighted by Gasteiger charge is 2.35. The predicted octanol–water partition coefficient (Wildman–Crippen LogP) is 0.665. The molecule has 1 aromatic heterocycles. The van der Waals surface area contributed by atoms with E-state index in [0.29, 0.717) is 18.7 Å². The molecule has 1 amide bonds. The molecule has 6 heteroatoms. The van der Waals surface area contributed by atoms with E-state index in [4.69, 9.17) is 9.47 Å². The minimum Gasteiger partial charge on any atom is -0.481 e. The maximum absolute atomic E-state index is 11.7. The number of rotatable bonds is 6. The van der Waals surface area contributed by atoms with Crippen molar-refractivity contribution in [2.24, 2.45) is 5.92 Å². The van der Waals surface area contributed by atoms with Gasteiger partial charge in [-0.2, -0.15) is 0 Å². The lowest BCUT2D eigenvalue weighted by atomic mass is 9.75. The van der Waals surface area contributed by atoms with Crippen LogP contribution in [0, 0.1) is 5.92 Å². The molecule has 1 atom stereocenters. The molecule has 0 saturated heterocycles. The fourth-order valence-electron chi connectivity index (χ4n) is 2.42. The van der Waals surface area contributed by atoms with Gasteiger partial charge in [0.15, 0.2) is 0 Å². The van der Waals surface area contributed by atoms with Crippen molar-refractivity contribution in [2.45, 2.75) is 25.0 Å². The van der Waals surface area contributed by atoms with Crippen LogP contribution in [0.15, 0.2) is 18.3 Å². The number of carbonyl (C=O) groups excluding carboxylic acids is 1. The summed E-state index contributed by atoms with van der Waals surface area (Å²) < 4.78 is 9.86. The van der Waals surface area contributed by atoms with Crippen molar-refractivity contribution in [2.75, 3.05) is 20.8 Å². The summed E-state index contributed by atoms with van der Waals surface area (Å²) in [5.74, 6) is 0.583. The van der Waals surface area contributed by atoms with E-state index in [1.54, 1.807) is 19.4 Å². The van der Waals surface area contributed by atoms with Gasteiger partial charge in [-0.3, -0.25) is 4.79 Å². The molecular weight excluding hydrogens is 260 g/mol. The second-order valence-electron chi connectivity index (χ2n) is 5.00. The Morgan fingerprint density at radius 1 is 1.50 bits per heavy atom. The van der Waals surface area contributed by atoms with Gasteiger partial charge in [-0.25, -0.2) is 4.98 Å². The lowest BCUT2D eigenvalue weighted by Crippen LogP contribution is -2.42. The van der Waals surface area contributed by atoms with Crippen LogP contribution in [0.3, 0.4) is 0 Å². The summed E-state index contributed by atoms with van der Waals surface area (Å²) in [5.41, 5.74) is 0.909. The van der Waals surface area contributed by atoms with Crippen LogP contribution in [0.2, 0.25) is 0 Å². The van der Waals surface area contributed by atoms with Crippen LogP contribution in [-0.4, -0.2) is 42.9 Å². The van der Waals surface area contributed by atoms with Gasteiger partial charge in [0.25, 0.3) is 0 Å². The molecule has 110 valence electrons. The van der Waals surface area contributed by atoms with Crippen LogP contribution in [0.5, 0.6) is 5.88 Å². The topological polar surface area (TPSA) is 80.7 Å². The average Bonchev–Trinajstić information content (AvgIpc) is 2.42. The summed E-state index contributed by atoms with van der Waals surface area (Å²) in [6, 6.07) is 3.49. The van der Waals surface area contributed by atoms with E-state index in [9.17, 15) is 9.90 Å². The van der Waals surface area contributed by atoms with Crippen molar-refractivity contribution in [1.82, 2.24) is 10.3 Å². The van der Waals surface area contributed by atoms with Crippen LogP contribution < -0.4 is 10.1 Å². The zero-order chi connectivity index (χ0) is 14.5. The Balaban J connectivity index is 2.10. The van der Waals surface area contributed by atoms with Gasteiger partial charge in [-0.15, -0.1) is 0 Å². The number of amides is 1. The molecule has 2 N–H and O–H groups in total. The fraction of sp³-hybridized carbons (Fsp3) is 0.571. The van der Waals surface area contributed by atoms with Crippen molar-refractivity contribution in [3.05, 3.63) is 23.9 Å². The first-order chi connectivity index (χ1) is 9.63. The number of nitrogens with one attached hydrogen (secondary N) is 1. The van der Waals surface area contributed by atoms with Gasteiger partial charge in [0.2, 0.25) is 11.8 Å². The van der Waals surface area contributed by atoms with Gasteiger partial charge in [0, 0.05) is 19.4 Å². The molecule has 0 bridgehead atoms. The smallest absolute Gasteiger partial charge is 0.246 e. The van der Waals surface area contributed by atoms with E-state index in [-0.39, 0.29) is 30.6 Å². The monoisotopic (exact) mass is 280 g/mol. The molecule has 20 heavy (non-hydrogen) atoms. The van der Waals surface area contributed by atoms with Gasteiger partial charge in [0.1, 0.15) is 6.61 Å². The Morgan fingerprint density at radius 2 is 2.25 bits per heavy atom. The van der Waals surface area contributed by atoms with Crippen molar-refractivity contribution >= 4 is 5.91 Å². The molecule has 1 fully saturated rings. The Hall–Kier alpha value is -1.66. The maximum Gasteiger partial charge on any atom is 0.246 e. The highest BCUT2D eigenvalue weighted by atomic mass is 16.5. The van der Waals surface area contributed by atoms with Gasteiger partial charge >= 0.3 is 0 Å². The number of methoxy groups -OCH3 is 2. The number of ether oxygens (including phenoxy) is 2. The minimum atomic E-state index is -0.270. The number of pyridine rings is 1. The quantitative estimate of drug-likeness (QED) is 0.800. The molecule has 6 nitrogen and oxygen atoms in total. The maximum atomic E-state index is 11.7. The number of aliphatic hydroxyl groups excluding tert-OH is 1. The predicted molar refractivity (Wildman–Crippen MR) is 72.3 cm³/mol. The first-order valence-electron chi connectivity index (χ1n) is 6.60. The Labute approximate surface area is 118 Å². The Kier molecular flexibility index (Phi) is 4.92.